The highest BCUT2D eigenvalue weighted by atomic mass is 16.2. The molecule has 5 aromatic rings. The lowest BCUT2D eigenvalue weighted by molar-refractivity contribution is 0.0953. The van der Waals surface area contributed by atoms with Crippen molar-refractivity contribution in [2.24, 2.45) is 5.84 Å². The maximum atomic E-state index is 11.6. The van der Waals surface area contributed by atoms with Crippen LogP contribution in [0.1, 0.15) is 10.4 Å². The SMILES string of the molecule is NNC(=O)c1ccc(-c2cc3ccc4cccc5ccc(c2)c3c45)cc1. The second kappa shape index (κ2) is 5.55. The number of nitrogen functional groups attached to an aromatic ring is 1. The van der Waals surface area contributed by atoms with Crippen LogP contribution >= 0.6 is 0 Å². The van der Waals surface area contributed by atoms with Crippen LogP contribution in [-0.2, 0) is 0 Å². The van der Waals surface area contributed by atoms with Gasteiger partial charge >= 0.3 is 0 Å². The van der Waals surface area contributed by atoms with Crippen molar-refractivity contribution >= 4 is 38.2 Å². The molecule has 0 saturated carbocycles. The Labute approximate surface area is 150 Å². The lowest BCUT2D eigenvalue weighted by Crippen LogP contribution is -2.29. The molecule has 3 nitrogen and oxygen atoms in total. The molecule has 0 aliphatic heterocycles. The zero-order chi connectivity index (χ0) is 17.7. The largest absolute Gasteiger partial charge is 0.290 e. The summed E-state index contributed by atoms with van der Waals surface area (Å²) in [6.07, 6.45) is 0. The number of hydrazine groups is 1. The normalized spacial score (nSPS) is 11.4. The van der Waals surface area contributed by atoms with Crippen molar-refractivity contribution < 1.29 is 4.79 Å². The second-order valence-corrected chi connectivity index (χ2v) is 6.56. The molecule has 26 heavy (non-hydrogen) atoms. The third kappa shape index (κ3) is 2.15. The number of hydrogen-bond donors (Lipinski definition) is 2. The van der Waals surface area contributed by atoms with Crippen molar-refractivity contribution in [3.8, 4) is 11.1 Å². The van der Waals surface area contributed by atoms with Crippen molar-refractivity contribution in [3.63, 3.8) is 0 Å². The Morgan fingerprint density at radius 1 is 0.654 bits per heavy atom. The van der Waals surface area contributed by atoms with Gasteiger partial charge in [0.2, 0.25) is 0 Å². The highest BCUT2D eigenvalue weighted by Gasteiger charge is 2.10. The number of rotatable bonds is 2. The summed E-state index contributed by atoms with van der Waals surface area (Å²) in [5.74, 6) is 4.91. The third-order valence-corrected chi connectivity index (χ3v) is 5.07. The van der Waals surface area contributed by atoms with Gasteiger partial charge in [0.05, 0.1) is 0 Å². The molecule has 0 radical (unpaired) electrons. The van der Waals surface area contributed by atoms with Crippen molar-refractivity contribution in [2.45, 2.75) is 0 Å². The maximum Gasteiger partial charge on any atom is 0.265 e. The topological polar surface area (TPSA) is 55.1 Å². The Morgan fingerprint density at radius 2 is 1.19 bits per heavy atom. The molecule has 5 aromatic carbocycles. The van der Waals surface area contributed by atoms with Crippen molar-refractivity contribution in [1.82, 2.24) is 5.43 Å². The maximum absolute atomic E-state index is 11.6. The van der Waals surface area contributed by atoms with Crippen LogP contribution in [0.4, 0.5) is 0 Å². The summed E-state index contributed by atoms with van der Waals surface area (Å²) in [6, 6.07) is 27.1. The first-order chi connectivity index (χ1) is 12.7. The zero-order valence-electron chi connectivity index (χ0n) is 14.0. The van der Waals surface area contributed by atoms with Crippen molar-refractivity contribution in [1.29, 1.82) is 0 Å². The summed E-state index contributed by atoms with van der Waals surface area (Å²) < 4.78 is 0. The first-order valence-electron chi connectivity index (χ1n) is 8.53. The van der Waals surface area contributed by atoms with Gasteiger partial charge in [-0.3, -0.25) is 10.2 Å². The first-order valence-corrected chi connectivity index (χ1v) is 8.53. The van der Waals surface area contributed by atoms with E-state index in [0.717, 1.165) is 11.1 Å². The van der Waals surface area contributed by atoms with Gasteiger partial charge in [0.15, 0.2) is 0 Å². The molecule has 1 amide bonds. The fourth-order valence-electron chi connectivity index (χ4n) is 3.82. The van der Waals surface area contributed by atoms with Crippen LogP contribution in [0, 0.1) is 0 Å². The molecule has 0 unspecified atom stereocenters. The van der Waals surface area contributed by atoms with Gasteiger partial charge in [-0.05, 0) is 67.7 Å². The number of nitrogens with one attached hydrogen (secondary N) is 1. The minimum Gasteiger partial charge on any atom is -0.290 e. The highest BCUT2D eigenvalue weighted by Crippen LogP contribution is 2.37. The van der Waals surface area contributed by atoms with Gasteiger partial charge < -0.3 is 0 Å². The first kappa shape index (κ1) is 14.9. The predicted molar refractivity (Wildman–Crippen MR) is 107 cm³/mol. The zero-order valence-corrected chi connectivity index (χ0v) is 14.0. The van der Waals surface area contributed by atoms with Gasteiger partial charge in [-0.25, -0.2) is 5.84 Å². The van der Waals surface area contributed by atoms with Crippen LogP contribution < -0.4 is 11.3 Å². The molecular formula is C23H16N2O. The molecule has 124 valence electrons. The van der Waals surface area contributed by atoms with Crippen LogP contribution in [0.25, 0.3) is 43.4 Å². The Morgan fingerprint density at radius 3 is 1.77 bits per heavy atom. The lowest BCUT2D eigenvalue weighted by atomic mass is 9.91. The fourth-order valence-corrected chi connectivity index (χ4v) is 3.82. The second-order valence-electron chi connectivity index (χ2n) is 6.56. The molecule has 0 atom stereocenters. The van der Waals surface area contributed by atoms with Gasteiger partial charge in [-0.2, -0.15) is 0 Å². The van der Waals surface area contributed by atoms with Gasteiger partial charge in [-0.15, -0.1) is 0 Å². The van der Waals surface area contributed by atoms with Crippen LogP contribution in [0.3, 0.4) is 0 Å². The molecule has 0 aliphatic carbocycles. The van der Waals surface area contributed by atoms with Crippen molar-refractivity contribution in [2.75, 3.05) is 0 Å². The summed E-state index contributed by atoms with van der Waals surface area (Å²) in [4.78, 5) is 11.6. The molecule has 0 aliphatic rings. The fraction of sp³-hybridized carbons (Fsp3) is 0. The summed E-state index contributed by atoms with van der Waals surface area (Å²) in [5.41, 5.74) is 4.92. The Bertz CT molecular complexity index is 1210. The van der Waals surface area contributed by atoms with Crippen LogP contribution in [0.15, 0.2) is 78.9 Å². The van der Waals surface area contributed by atoms with Crippen molar-refractivity contribution in [3.05, 3.63) is 84.4 Å². The van der Waals surface area contributed by atoms with Gasteiger partial charge in [0.1, 0.15) is 0 Å². The molecular weight excluding hydrogens is 320 g/mol. The van der Waals surface area contributed by atoms with E-state index in [4.69, 9.17) is 5.84 Å². The van der Waals surface area contributed by atoms with Crippen LogP contribution in [-0.4, -0.2) is 5.91 Å². The molecule has 0 saturated heterocycles. The van der Waals surface area contributed by atoms with Crippen LogP contribution in [0.2, 0.25) is 0 Å². The Balaban J connectivity index is 1.73. The summed E-state index contributed by atoms with van der Waals surface area (Å²) >= 11 is 0. The number of nitrogens with two attached hydrogens (primary N) is 1. The van der Waals surface area contributed by atoms with Crippen LogP contribution in [0.5, 0.6) is 0 Å². The highest BCUT2D eigenvalue weighted by molar-refractivity contribution is 6.23. The number of hydrogen-bond acceptors (Lipinski definition) is 2. The van der Waals surface area contributed by atoms with Gasteiger partial charge in [0, 0.05) is 5.56 Å². The number of amides is 1. The van der Waals surface area contributed by atoms with E-state index >= 15 is 0 Å². The van der Waals surface area contributed by atoms with E-state index in [0.29, 0.717) is 5.56 Å². The number of carbonyl (C=O) groups excluding carboxylic acids is 1. The third-order valence-electron chi connectivity index (χ3n) is 5.07. The molecule has 5 rings (SSSR count). The summed E-state index contributed by atoms with van der Waals surface area (Å²) in [6.45, 7) is 0. The number of carbonyl (C=O) groups is 1. The van der Waals surface area contributed by atoms with E-state index in [2.05, 4.69) is 60.0 Å². The number of benzene rings is 5. The van der Waals surface area contributed by atoms with Gasteiger partial charge in [-0.1, -0.05) is 54.6 Å². The molecule has 3 heteroatoms. The van der Waals surface area contributed by atoms with E-state index in [1.54, 1.807) is 12.1 Å². The summed E-state index contributed by atoms with van der Waals surface area (Å²) in [5, 5.41) is 7.62. The molecule has 0 fully saturated rings. The van der Waals surface area contributed by atoms with E-state index in [1.165, 1.54) is 32.3 Å². The summed E-state index contributed by atoms with van der Waals surface area (Å²) in [7, 11) is 0. The molecule has 0 spiro atoms. The smallest absolute Gasteiger partial charge is 0.265 e. The molecule has 0 heterocycles. The van der Waals surface area contributed by atoms with E-state index in [1.807, 2.05) is 12.1 Å². The Hall–Kier alpha value is -3.43. The minimum atomic E-state index is -0.285. The predicted octanol–water partition coefficient (Wildman–Crippen LogP) is 4.85. The lowest BCUT2D eigenvalue weighted by Gasteiger charge is -2.13. The van der Waals surface area contributed by atoms with E-state index < -0.39 is 0 Å². The molecule has 3 N–H and O–H groups in total. The average molecular weight is 336 g/mol. The monoisotopic (exact) mass is 336 g/mol. The quantitative estimate of drug-likeness (QED) is 0.209. The van der Waals surface area contributed by atoms with Gasteiger partial charge in [0.25, 0.3) is 5.91 Å². The standard InChI is InChI=1S/C23H16N2O/c24-25-23(26)17-8-4-14(5-9-17)20-12-18-10-6-15-2-1-3-16-7-11-19(13-20)22(18)21(15)16/h1-13H,24H2,(H,25,26). The molecule has 0 aromatic heterocycles. The average Bonchev–Trinajstić information content (AvgIpc) is 2.71. The van der Waals surface area contributed by atoms with E-state index in [-0.39, 0.29) is 5.91 Å². The minimum absolute atomic E-state index is 0.285. The Kier molecular flexibility index (Phi) is 3.17. The molecule has 0 bridgehead atoms. The van der Waals surface area contributed by atoms with E-state index in [9.17, 15) is 4.79 Å².